The minimum atomic E-state index is -2.62. The SMILES string of the molecule is C=CC(=O)OCC(C)(COC(=O)C=C)NC(=O)OCCOCCOCCOC(=O)CCCC[Si](OC)(OC)OC. The van der Waals surface area contributed by atoms with Crippen molar-refractivity contribution in [3.63, 3.8) is 0 Å². The Balaban J connectivity index is 3.97. The Morgan fingerprint density at radius 3 is 1.68 bits per heavy atom. The van der Waals surface area contributed by atoms with E-state index in [9.17, 15) is 19.2 Å². The molecule has 0 heterocycles. The predicted octanol–water partition coefficient (Wildman–Crippen LogP) is 1.55. The Kier molecular flexibility index (Phi) is 20.4. The van der Waals surface area contributed by atoms with Gasteiger partial charge >= 0.3 is 32.8 Å². The molecule has 1 N–H and O–H groups in total. The minimum absolute atomic E-state index is 0.0683. The Morgan fingerprint density at radius 1 is 0.725 bits per heavy atom. The van der Waals surface area contributed by atoms with Crippen LogP contribution in [0.5, 0.6) is 0 Å². The van der Waals surface area contributed by atoms with Crippen LogP contribution in [0.25, 0.3) is 0 Å². The van der Waals surface area contributed by atoms with Gasteiger partial charge in [-0.1, -0.05) is 13.2 Å². The largest absolute Gasteiger partial charge is 0.500 e. The number of hydrogen-bond donors (Lipinski definition) is 1. The van der Waals surface area contributed by atoms with E-state index in [1.165, 1.54) is 6.92 Å². The molecule has 1 amide bonds. The molecule has 0 rings (SSSR count). The molecule has 14 nitrogen and oxygen atoms in total. The minimum Gasteiger partial charge on any atom is -0.463 e. The van der Waals surface area contributed by atoms with Gasteiger partial charge in [-0.3, -0.25) is 4.79 Å². The molecule has 0 bridgehead atoms. The van der Waals surface area contributed by atoms with Gasteiger partial charge in [-0.2, -0.15) is 0 Å². The van der Waals surface area contributed by atoms with Crippen molar-refractivity contribution in [3.8, 4) is 0 Å². The van der Waals surface area contributed by atoms with Crippen molar-refractivity contribution in [2.75, 3.05) is 74.2 Å². The first-order valence-electron chi connectivity index (χ1n) is 12.6. The van der Waals surface area contributed by atoms with E-state index in [1.54, 1.807) is 21.3 Å². The smallest absolute Gasteiger partial charge is 0.463 e. The average Bonchev–Trinajstić information content (AvgIpc) is 2.96. The quantitative estimate of drug-likeness (QED) is 0.0564. The van der Waals surface area contributed by atoms with E-state index in [4.69, 9.17) is 41.7 Å². The van der Waals surface area contributed by atoms with Gasteiger partial charge in [-0.25, -0.2) is 14.4 Å². The van der Waals surface area contributed by atoms with E-state index in [1.807, 2.05) is 0 Å². The van der Waals surface area contributed by atoms with Gasteiger partial charge in [0, 0.05) is 45.9 Å². The molecule has 0 fully saturated rings. The summed E-state index contributed by atoms with van der Waals surface area (Å²) in [6.07, 6.45) is 2.72. The maximum absolute atomic E-state index is 12.1. The van der Waals surface area contributed by atoms with Crippen LogP contribution in [0.15, 0.2) is 25.3 Å². The highest BCUT2D eigenvalue weighted by Gasteiger charge is 2.36. The van der Waals surface area contributed by atoms with Gasteiger partial charge in [0.05, 0.1) is 26.4 Å². The highest BCUT2D eigenvalue weighted by Crippen LogP contribution is 2.17. The fourth-order valence-corrected chi connectivity index (χ4v) is 4.74. The lowest BCUT2D eigenvalue weighted by molar-refractivity contribution is -0.146. The zero-order valence-corrected chi connectivity index (χ0v) is 24.9. The van der Waals surface area contributed by atoms with Crippen LogP contribution in [0, 0.1) is 0 Å². The molecule has 0 radical (unpaired) electrons. The first-order valence-corrected chi connectivity index (χ1v) is 14.5. The van der Waals surface area contributed by atoms with Crippen molar-refractivity contribution in [3.05, 3.63) is 25.3 Å². The third-order valence-corrected chi connectivity index (χ3v) is 8.01. The molecule has 0 spiro atoms. The number of unbranched alkanes of at least 4 members (excludes halogenated alkanes) is 1. The Morgan fingerprint density at radius 2 is 1.20 bits per heavy atom. The molecular formula is C25H43NO13Si. The summed E-state index contributed by atoms with van der Waals surface area (Å²) in [7, 11) is 2.02. The van der Waals surface area contributed by atoms with Gasteiger partial charge in [0.2, 0.25) is 0 Å². The van der Waals surface area contributed by atoms with Gasteiger partial charge in [-0.15, -0.1) is 0 Å². The third-order valence-electron chi connectivity index (χ3n) is 5.17. The van der Waals surface area contributed by atoms with Crippen LogP contribution in [-0.2, 0) is 56.1 Å². The van der Waals surface area contributed by atoms with Crippen LogP contribution in [0.1, 0.15) is 26.2 Å². The first kappa shape index (κ1) is 37.2. The van der Waals surface area contributed by atoms with E-state index in [2.05, 4.69) is 18.5 Å². The van der Waals surface area contributed by atoms with Gasteiger partial charge in [0.25, 0.3) is 0 Å². The lowest BCUT2D eigenvalue weighted by Gasteiger charge is -2.28. The molecule has 0 aliphatic rings. The van der Waals surface area contributed by atoms with Crippen molar-refractivity contribution in [2.24, 2.45) is 0 Å². The van der Waals surface area contributed by atoms with Crippen molar-refractivity contribution in [1.29, 1.82) is 0 Å². The number of hydrogen-bond acceptors (Lipinski definition) is 13. The number of rotatable bonds is 24. The first-order chi connectivity index (χ1) is 19.1. The third kappa shape index (κ3) is 17.7. The summed E-state index contributed by atoms with van der Waals surface area (Å²) in [5.41, 5.74) is -1.25. The lowest BCUT2D eigenvalue weighted by Crippen LogP contribution is -2.53. The molecule has 0 saturated carbocycles. The molecule has 0 atom stereocenters. The van der Waals surface area contributed by atoms with Gasteiger partial charge in [0.15, 0.2) is 0 Å². The summed E-state index contributed by atoms with van der Waals surface area (Å²) in [5, 5.41) is 2.50. The number of ether oxygens (including phenoxy) is 6. The maximum atomic E-state index is 12.1. The topological polar surface area (TPSA) is 163 Å². The fraction of sp³-hybridized carbons (Fsp3) is 0.680. The molecule has 15 heteroatoms. The predicted molar refractivity (Wildman–Crippen MR) is 143 cm³/mol. The van der Waals surface area contributed by atoms with Crippen molar-refractivity contribution >= 4 is 32.8 Å². The summed E-state index contributed by atoms with van der Waals surface area (Å²) in [6.45, 7) is 8.35. The van der Waals surface area contributed by atoms with Crippen molar-refractivity contribution in [1.82, 2.24) is 5.32 Å². The normalized spacial score (nSPS) is 11.3. The number of carbonyl (C=O) groups excluding carboxylic acids is 4. The summed E-state index contributed by atoms with van der Waals surface area (Å²) < 4.78 is 46.7. The van der Waals surface area contributed by atoms with Crippen molar-refractivity contribution < 1.29 is 60.9 Å². The van der Waals surface area contributed by atoms with Crippen LogP contribution in [-0.4, -0.2) is 113 Å². The molecule has 0 aromatic rings. The number of esters is 3. The van der Waals surface area contributed by atoms with Gasteiger partial charge in [0.1, 0.15) is 32.0 Å². The average molecular weight is 594 g/mol. The molecule has 230 valence electrons. The maximum Gasteiger partial charge on any atom is 0.500 e. The zero-order chi connectivity index (χ0) is 30.3. The summed E-state index contributed by atoms with van der Waals surface area (Å²) in [4.78, 5) is 46.6. The van der Waals surface area contributed by atoms with E-state index in [0.29, 0.717) is 18.9 Å². The molecule has 0 aromatic carbocycles. The molecular weight excluding hydrogens is 550 g/mol. The molecule has 40 heavy (non-hydrogen) atoms. The van der Waals surface area contributed by atoms with E-state index < -0.39 is 32.4 Å². The molecule has 0 saturated heterocycles. The standard InChI is InChI=1S/C25H43NO13Si/c1-7-21(27)38-19-25(3,20-39-22(28)8-2)26-24(30)37-17-15-35-13-12-34-14-16-36-23(29)11-9-10-18-40(31-4,32-5)33-6/h7-8H,1-2,9-20H2,3-6H3,(H,26,30). The number of nitrogens with one attached hydrogen (secondary N) is 1. The highest BCUT2D eigenvalue weighted by molar-refractivity contribution is 6.60. The second-order valence-corrected chi connectivity index (χ2v) is 11.5. The van der Waals surface area contributed by atoms with E-state index in [0.717, 1.165) is 12.2 Å². The summed E-state index contributed by atoms with van der Waals surface area (Å²) in [5.74, 6) is -1.73. The monoisotopic (exact) mass is 593 g/mol. The van der Waals surface area contributed by atoms with Crippen LogP contribution in [0.2, 0.25) is 6.04 Å². The number of carbonyl (C=O) groups is 4. The lowest BCUT2D eigenvalue weighted by atomic mass is 10.1. The van der Waals surface area contributed by atoms with E-state index in [-0.39, 0.29) is 65.2 Å². The Hall–Kier alpha value is -2.82. The second kappa shape index (κ2) is 21.9. The van der Waals surface area contributed by atoms with Crippen LogP contribution in [0.4, 0.5) is 4.79 Å². The highest BCUT2D eigenvalue weighted by atomic mass is 28.4. The summed E-state index contributed by atoms with van der Waals surface area (Å²) >= 11 is 0. The van der Waals surface area contributed by atoms with Gasteiger partial charge in [-0.05, 0) is 19.8 Å². The fourth-order valence-electron chi connectivity index (χ4n) is 2.94. The molecule has 0 aliphatic heterocycles. The van der Waals surface area contributed by atoms with E-state index >= 15 is 0 Å². The zero-order valence-electron chi connectivity index (χ0n) is 23.9. The number of amides is 1. The summed E-state index contributed by atoms with van der Waals surface area (Å²) in [6, 6.07) is 0.614. The molecule has 0 aliphatic carbocycles. The van der Waals surface area contributed by atoms with Crippen molar-refractivity contribution in [2.45, 2.75) is 37.8 Å². The number of alkyl carbamates (subject to hydrolysis) is 1. The Bertz CT molecular complexity index is 756. The van der Waals surface area contributed by atoms with Gasteiger partial charge < -0.3 is 47.0 Å². The molecule has 0 aromatic heterocycles. The Labute approximate surface area is 236 Å². The molecule has 0 unspecified atom stereocenters. The van der Waals surface area contributed by atoms with Crippen LogP contribution >= 0.6 is 0 Å². The second-order valence-electron chi connectivity index (χ2n) is 8.39. The van der Waals surface area contributed by atoms with Crippen LogP contribution in [0.3, 0.4) is 0 Å². The van der Waals surface area contributed by atoms with Crippen LogP contribution < -0.4 is 5.32 Å².